The summed E-state index contributed by atoms with van der Waals surface area (Å²) >= 11 is 12.9. The van der Waals surface area contributed by atoms with Gasteiger partial charge in [-0.2, -0.15) is 0 Å². The molecule has 134 valence electrons. The number of aryl methyl sites for hydroxylation is 1. The molecule has 0 aliphatic carbocycles. The predicted molar refractivity (Wildman–Crippen MR) is 100 cm³/mol. The fraction of sp³-hybridized carbons (Fsp3) is 0.118. The second-order valence-electron chi connectivity index (χ2n) is 5.17. The molecule has 26 heavy (non-hydrogen) atoms. The molecule has 3 rings (SSSR count). The fourth-order valence-corrected chi connectivity index (χ4v) is 3.33. The number of ether oxygens (including phenoxy) is 1. The molecule has 0 unspecified atom stereocenters. The Kier molecular flexibility index (Phi) is 5.31. The molecule has 9 heteroatoms. The summed E-state index contributed by atoms with van der Waals surface area (Å²) in [5, 5.41) is 3.70. The van der Waals surface area contributed by atoms with Gasteiger partial charge in [0.1, 0.15) is 10.6 Å². The third-order valence-electron chi connectivity index (χ3n) is 3.42. The van der Waals surface area contributed by atoms with Gasteiger partial charge in [-0.1, -0.05) is 34.5 Å². The van der Waals surface area contributed by atoms with Gasteiger partial charge in [-0.05, 0) is 37.3 Å². The normalized spacial score (nSPS) is 10.6. The third-order valence-corrected chi connectivity index (χ3v) is 5.21. The number of anilines is 1. The van der Waals surface area contributed by atoms with Crippen LogP contribution in [0.1, 0.15) is 25.9 Å². The first-order valence-electron chi connectivity index (χ1n) is 7.31. The largest absolute Gasteiger partial charge is 0.465 e. The van der Waals surface area contributed by atoms with Crippen molar-refractivity contribution in [1.82, 2.24) is 4.98 Å². The Labute approximate surface area is 162 Å². The van der Waals surface area contributed by atoms with Crippen LogP contribution in [0.4, 0.5) is 5.13 Å². The quantitative estimate of drug-likeness (QED) is 0.607. The molecule has 0 aliphatic heterocycles. The van der Waals surface area contributed by atoms with Gasteiger partial charge in [0, 0.05) is 5.56 Å². The number of esters is 1. The van der Waals surface area contributed by atoms with E-state index < -0.39 is 11.9 Å². The zero-order chi connectivity index (χ0) is 18.8. The third kappa shape index (κ3) is 3.75. The van der Waals surface area contributed by atoms with Crippen molar-refractivity contribution in [2.24, 2.45) is 0 Å². The lowest BCUT2D eigenvalue weighted by Gasteiger charge is -2.00. The molecular formula is C17H12Cl2N2O4S. The van der Waals surface area contributed by atoms with Gasteiger partial charge < -0.3 is 9.15 Å². The fourth-order valence-electron chi connectivity index (χ4n) is 2.16. The van der Waals surface area contributed by atoms with Gasteiger partial charge in [0.05, 0.1) is 22.8 Å². The van der Waals surface area contributed by atoms with Crippen molar-refractivity contribution in [2.75, 3.05) is 12.4 Å². The molecule has 6 nitrogen and oxygen atoms in total. The van der Waals surface area contributed by atoms with Crippen molar-refractivity contribution in [2.45, 2.75) is 6.92 Å². The molecule has 2 heterocycles. The molecule has 1 amide bonds. The number of benzene rings is 1. The molecule has 0 radical (unpaired) electrons. The minimum absolute atomic E-state index is 0.0959. The zero-order valence-electron chi connectivity index (χ0n) is 13.6. The van der Waals surface area contributed by atoms with Gasteiger partial charge in [0.2, 0.25) is 0 Å². The van der Waals surface area contributed by atoms with Gasteiger partial charge >= 0.3 is 5.97 Å². The molecule has 0 saturated heterocycles. The number of halogens is 2. The summed E-state index contributed by atoms with van der Waals surface area (Å²) < 4.78 is 10.2. The number of carbonyl (C=O) groups is 2. The summed E-state index contributed by atoms with van der Waals surface area (Å²) in [4.78, 5) is 28.4. The SMILES string of the molecule is COC(=O)c1sc(NC(=O)c2ccc(-c3ccc(Cl)c(Cl)c3)o2)nc1C. The van der Waals surface area contributed by atoms with Crippen LogP contribution in [-0.4, -0.2) is 24.0 Å². The summed E-state index contributed by atoms with van der Waals surface area (Å²) in [6.45, 7) is 1.66. The first-order valence-corrected chi connectivity index (χ1v) is 8.88. The lowest BCUT2D eigenvalue weighted by molar-refractivity contribution is 0.0605. The molecular weight excluding hydrogens is 399 g/mol. The van der Waals surface area contributed by atoms with Crippen LogP contribution in [0.25, 0.3) is 11.3 Å². The van der Waals surface area contributed by atoms with Gasteiger partial charge in [0.25, 0.3) is 5.91 Å². The van der Waals surface area contributed by atoms with Crippen LogP contribution in [0.2, 0.25) is 10.0 Å². The Morgan fingerprint density at radius 3 is 2.65 bits per heavy atom. The second-order valence-corrected chi connectivity index (χ2v) is 6.99. The van der Waals surface area contributed by atoms with Crippen molar-refractivity contribution in [1.29, 1.82) is 0 Å². The smallest absolute Gasteiger partial charge is 0.350 e. The number of aromatic nitrogens is 1. The van der Waals surface area contributed by atoms with Gasteiger partial charge in [-0.25, -0.2) is 9.78 Å². The summed E-state index contributed by atoms with van der Waals surface area (Å²) in [6.07, 6.45) is 0. The average Bonchev–Trinajstić information content (AvgIpc) is 3.24. The molecule has 0 atom stereocenters. The summed E-state index contributed by atoms with van der Waals surface area (Å²) in [5.74, 6) is -0.417. The lowest BCUT2D eigenvalue weighted by atomic mass is 10.2. The number of hydrogen-bond acceptors (Lipinski definition) is 6. The highest BCUT2D eigenvalue weighted by atomic mass is 35.5. The molecule has 2 aromatic heterocycles. The highest BCUT2D eigenvalue weighted by molar-refractivity contribution is 7.17. The second kappa shape index (κ2) is 7.49. The molecule has 0 fully saturated rings. The van der Waals surface area contributed by atoms with E-state index in [1.54, 1.807) is 31.2 Å². The van der Waals surface area contributed by atoms with Gasteiger partial charge in [-0.3, -0.25) is 10.1 Å². The van der Waals surface area contributed by atoms with Crippen molar-refractivity contribution in [3.63, 3.8) is 0 Å². The number of carbonyl (C=O) groups excluding carboxylic acids is 2. The van der Waals surface area contributed by atoms with Crippen molar-refractivity contribution in [3.05, 3.63) is 56.7 Å². The Balaban J connectivity index is 1.78. The Hall–Kier alpha value is -2.35. The first-order chi connectivity index (χ1) is 12.4. The predicted octanol–water partition coefficient (Wildman–Crippen LogP) is 5.06. The molecule has 1 aromatic carbocycles. The first kappa shape index (κ1) is 18.4. The van der Waals surface area contributed by atoms with Crippen LogP contribution in [-0.2, 0) is 4.74 Å². The monoisotopic (exact) mass is 410 g/mol. The van der Waals surface area contributed by atoms with E-state index in [9.17, 15) is 9.59 Å². The number of nitrogens with zero attached hydrogens (tertiary/aromatic N) is 1. The van der Waals surface area contributed by atoms with Crippen LogP contribution in [0.15, 0.2) is 34.7 Å². The maximum absolute atomic E-state index is 12.3. The zero-order valence-corrected chi connectivity index (χ0v) is 16.0. The van der Waals surface area contributed by atoms with E-state index in [1.807, 2.05) is 0 Å². The standard InChI is InChI=1S/C17H12Cl2N2O4S/c1-8-14(16(23)24-2)26-17(20-8)21-15(22)13-6-5-12(25-13)9-3-4-10(18)11(19)7-9/h3-7H,1-2H3,(H,20,21,22). The molecule has 3 aromatic rings. The maximum atomic E-state index is 12.3. The number of methoxy groups -OCH3 is 1. The Bertz CT molecular complexity index is 997. The van der Waals surface area contributed by atoms with Crippen LogP contribution in [0.5, 0.6) is 0 Å². The number of thiazole rings is 1. The van der Waals surface area contributed by atoms with E-state index in [0.29, 0.717) is 31.9 Å². The number of nitrogens with one attached hydrogen (secondary N) is 1. The summed E-state index contributed by atoms with van der Waals surface area (Å²) in [5.41, 5.74) is 1.17. The van der Waals surface area contributed by atoms with Crippen LogP contribution < -0.4 is 5.32 Å². The highest BCUT2D eigenvalue weighted by Gasteiger charge is 2.19. The average molecular weight is 411 g/mol. The minimum Gasteiger partial charge on any atom is -0.465 e. The molecule has 0 spiro atoms. The number of rotatable bonds is 4. The summed E-state index contributed by atoms with van der Waals surface area (Å²) in [6, 6.07) is 8.23. The van der Waals surface area contributed by atoms with Crippen molar-refractivity contribution < 1.29 is 18.7 Å². The number of furan rings is 1. The van der Waals surface area contributed by atoms with E-state index >= 15 is 0 Å². The van der Waals surface area contributed by atoms with Crippen LogP contribution in [0, 0.1) is 6.92 Å². The number of hydrogen-bond donors (Lipinski definition) is 1. The lowest BCUT2D eigenvalue weighted by Crippen LogP contribution is -2.10. The molecule has 0 bridgehead atoms. The van der Waals surface area contributed by atoms with Gasteiger partial charge in [-0.15, -0.1) is 0 Å². The van der Waals surface area contributed by atoms with Crippen LogP contribution in [0.3, 0.4) is 0 Å². The summed E-state index contributed by atoms with van der Waals surface area (Å²) in [7, 11) is 1.28. The maximum Gasteiger partial charge on any atom is 0.350 e. The van der Waals surface area contributed by atoms with E-state index in [4.69, 9.17) is 27.6 Å². The van der Waals surface area contributed by atoms with Gasteiger partial charge in [0.15, 0.2) is 10.9 Å². The Morgan fingerprint density at radius 2 is 1.96 bits per heavy atom. The molecule has 0 saturated carbocycles. The minimum atomic E-state index is -0.500. The molecule has 0 aliphatic rings. The van der Waals surface area contributed by atoms with Crippen molar-refractivity contribution >= 4 is 51.5 Å². The van der Waals surface area contributed by atoms with Crippen molar-refractivity contribution in [3.8, 4) is 11.3 Å². The molecule has 1 N–H and O–H groups in total. The highest BCUT2D eigenvalue weighted by Crippen LogP contribution is 2.30. The van der Waals surface area contributed by atoms with E-state index in [1.165, 1.54) is 13.2 Å². The van der Waals surface area contributed by atoms with E-state index in [2.05, 4.69) is 15.0 Å². The van der Waals surface area contributed by atoms with E-state index in [-0.39, 0.29) is 10.9 Å². The topological polar surface area (TPSA) is 81.4 Å². The Morgan fingerprint density at radius 1 is 1.19 bits per heavy atom. The van der Waals surface area contributed by atoms with Crippen LogP contribution >= 0.6 is 34.5 Å². The number of amides is 1. The van der Waals surface area contributed by atoms with E-state index in [0.717, 1.165) is 11.3 Å².